The van der Waals surface area contributed by atoms with Crippen molar-refractivity contribution in [3.05, 3.63) is 0 Å². The van der Waals surface area contributed by atoms with E-state index >= 15 is 0 Å². The Morgan fingerprint density at radius 1 is 0.750 bits per heavy atom. The molecule has 0 radical (unpaired) electrons. The van der Waals surface area contributed by atoms with Crippen LogP contribution in [0, 0.1) is 0 Å². The van der Waals surface area contributed by atoms with Gasteiger partial charge in [0.15, 0.2) is 0 Å². The summed E-state index contributed by atoms with van der Waals surface area (Å²) in [6.07, 6.45) is 20.0. The Hall–Kier alpha value is -0.930. The van der Waals surface area contributed by atoms with Crippen LogP contribution < -0.4 is 4.89 Å². The average molecular weight is 415 g/mol. The van der Waals surface area contributed by atoms with Crippen LogP contribution in [0.3, 0.4) is 0 Å². The van der Waals surface area contributed by atoms with Crippen molar-refractivity contribution < 1.29 is 24.7 Å². The van der Waals surface area contributed by atoms with E-state index in [0.29, 0.717) is 6.42 Å². The maximum Gasteiger partial charge on any atom is 0.379 e. The van der Waals surface area contributed by atoms with Gasteiger partial charge in [0.1, 0.15) is 0 Å². The standard InChI is InChI=1S/C22H39O5P/c1-2-3-4-5-6-7-8-9-10-11-12-13-14-15-16-17-18-22(21(25)26)19(20(23)24)28(22)27/h2-18H2,1H3,(H,23,24)(H,25,26). The number of hydrogen-bond acceptors (Lipinski definition) is 3. The lowest BCUT2D eigenvalue weighted by Gasteiger charge is -2.07. The van der Waals surface area contributed by atoms with E-state index in [1.165, 1.54) is 77.0 Å². The lowest BCUT2D eigenvalue weighted by molar-refractivity contribution is -0.156. The van der Waals surface area contributed by atoms with E-state index in [1.807, 2.05) is 0 Å². The minimum absolute atomic E-state index is 0.192. The first-order valence-electron chi connectivity index (χ1n) is 11.3. The molecule has 6 heteroatoms. The van der Waals surface area contributed by atoms with E-state index in [2.05, 4.69) is 6.92 Å². The van der Waals surface area contributed by atoms with Crippen LogP contribution in [-0.2, 0) is 9.59 Å². The fraction of sp³-hybridized carbons (Fsp3) is 0.864. The van der Waals surface area contributed by atoms with Gasteiger partial charge in [-0.2, -0.15) is 0 Å². The first-order valence-corrected chi connectivity index (χ1v) is 12.6. The fourth-order valence-corrected chi connectivity index (χ4v) is 5.63. The molecule has 28 heavy (non-hydrogen) atoms. The summed E-state index contributed by atoms with van der Waals surface area (Å²) in [5.41, 5.74) is 0. The zero-order chi connectivity index (χ0) is 20.8. The Morgan fingerprint density at radius 3 is 1.39 bits per heavy atom. The van der Waals surface area contributed by atoms with Gasteiger partial charge in [-0.1, -0.05) is 103 Å². The monoisotopic (exact) mass is 414 g/mol. The fourth-order valence-electron chi connectivity index (χ4n) is 3.97. The first-order chi connectivity index (χ1) is 13.5. The van der Waals surface area contributed by atoms with Gasteiger partial charge in [-0.25, -0.2) is 9.59 Å². The number of aliphatic carboxylic acids is 2. The maximum absolute atomic E-state index is 11.8. The molecule has 0 bridgehead atoms. The van der Waals surface area contributed by atoms with Gasteiger partial charge in [0.25, 0.3) is 10.4 Å². The molecule has 2 N–H and O–H groups in total. The molecule has 1 aliphatic heterocycles. The zero-order valence-electron chi connectivity index (χ0n) is 17.6. The van der Waals surface area contributed by atoms with Gasteiger partial charge in [0.2, 0.25) is 0 Å². The van der Waals surface area contributed by atoms with Crippen molar-refractivity contribution in [1.29, 1.82) is 0 Å². The van der Waals surface area contributed by atoms with Crippen LogP contribution in [0.15, 0.2) is 0 Å². The molecule has 0 fully saturated rings. The van der Waals surface area contributed by atoms with E-state index in [1.54, 1.807) is 0 Å². The second-order valence-electron chi connectivity index (χ2n) is 8.17. The molecule has 1 aliphatic rings. The van der Waals surface area contributed by atoms with Gasteiger partial charge in [-0.05, 0) is 6.42 Å². The van der Waals surface area contributed by atoms with E-state index in [4.69, 9.17) is 5.11 Å². The zero-order valence-corrected chi connectivity index (χ0v) is 18.5. The Labute approximate surface area is 171 Å². The third kappa shape index (κ3) is 8.21. The van der Waals surface area contributed by atoms with Crippen LogP contribution in [0.4, 0.5) is 0 Å². The van der Waals surface area contributed by atoms with Crippen molar-refractivity contribution in [1.82, 2.24) is 0 Å². The third-order valence-electron chi connectivity index (χ3n) is 5.84. The predicted molar refractivity (Wildman–Crippen MR) is 114 cm³/mol. The van der Waals surface area contributed by atoms with Gasteiger partial charge >= 0.3 is 11.9 Å². The molecule has 0 aliphatic carbocycles. The molecule has 0 saturated heterocycles. The molecule has 1 heterocycles. The normalized spacial score (nSPS) is 19.8. The van der Waals surface area contributed by atoms with E-state index in [-0.39, 0.29) is 11.7 Å². The van der Waals surface area contributed by atoms with Crippen LogP contribution >= 0.6 is 7.77 Å². The number of carboxylic acids is 2. The van der Waals surface area contributed by atoms with Crippen LogP contribution in [0.25, 0.3) is 0 Å². The molecule has 0 aromatic carbocycles. The minimum atomic E-state index is -2.24. The molecule has 2 unspecified atom stereocenters. The lowest BCUT2D eigenvalue weighted by atomic mass is 9.97. The highest BCUT2D eigenvalue weighted by Crippen LogP contribution is 2.56. The van der Waals surface area contributed by atoms with E-state index in [0.717, 1.165) is 19.3 Å². The molecular weight excluding hydrogens is 375 g/mol. The van der Waals surface area contributed by atoms with Crippen molar-refractivity contribution in [3.63, 3.8) is 0 Å². The maximum atomic E-state index is 11.8. The number of hydrogen-bond donors (Lipinski definition) is 2. The topological polar surface area (TPSA) is 97.7 Å². The Kier molecular flexibility index (Phi) is 12.7. The van der Waals surface area contributed by atoms with Crippen LogP contribution in [0.5, 0.6) is 0 Å². The Balaban J connectivity index is 1.90. The highest BCUT2D eigenvalue weighted by Gasteiger charge is 2.71. The molecule has 1 rings (SSSR count). The minimum Gasteiger partial charge on any atom is -0.629 e. The van der Waals surface area contributed by atoms with Gasteiger partial charge in [0.05, 0.1) is 7.77 Å². The number of carboxylic acid groups (broad SMARTS) is 2. The van der Waals surface area contributed by atoms with Gasteiger partial charge in [-0.3, -0.25) is 0 Å². The molecule has 162 valence electrons. The molecule has 5 nitrogen and oxygen atoms in total. The van der Waals surface area contributed by atoms with E-state index < -0.39 is 24.9 Å². The number of rotatable bonds is 19. The molecule has 2 atom stereocenters. The summed E-state index contributed by atoms with van der Waals surface area (Å²) in [7, 11) is -2.24. The summed E-state index contributed by atoms with van der Waals surface area (Å²) in [6.45, 7) is 2.25. The van der Waals surface area contributed by atoms with Gasteiger partial charge < -0.3 is 15.1 Å². The third-order valence-corrected chi connectivity index (χ3v) is 7.93. The lowest BCUT2D eigenvalue weighted by Crippen LogP contribution is -2.33. The first kappa shape index (κ1) is 25.1. The van der Waals surface area contributed by atoms with Crippen LogP contribution in [-0.4, -0.2) is 32.6 Å². The number of unbranched alkanes of at least 4 members (excludes halogenated alkanes) is 15. The average Bonchev–Trinajstić information content (AvgIpc) is 3.27. The molecule has 0 aromatic rings. The SMILES string of the molecule is CCCCCCCCCCCCCCCCCCC1(C(=O)O)C(C(=O)O)=[P+]1[O-]. The summed E-state index contributed by atoms with van der Waals surface area (Å²) in [5.74, 6) is -2.56. The number of carbonyl (C=O) groups is 2. The van der Waals surface area contributed by atoms with Crippen molar-refractivity contribution in [2.45, 2.75) is 121 Å². The van der Waals surface area contributed by atoms with Crippen molar-refractivity contribution >= 4 is 25.0 Å². The van der Waals surface area contributed by atoms with Gasteiger partial charge in [0, 0.05) is 6.42 Å². The summed E-state index contributed by atoms with van der Waals surface area (Å²) < 4.78 is 0. The van der Waals surface area contributed by atoms with Crippen molar-refractivity contribution in [3.8, 4) is 0 Å². The Bertz CT molecular complexity index is 517. The highest BCUT2D eigenvalue weighted by atomic mass is 31.1. The van der Waals surface area contributed by atoms with E-state index in [9.17, 15) is 19.6 Å². The molecule has 0 spiro atoms. The summed E-state index contributed by atoms with van der Waals surface area (Å²) >= 11 is 0. The molecule has 0 aromatic heterocycles. The summed E-state index contributed by atoms with van der Waals surface area (Å²) in [6, 6.07) is 0. The second kappa shape index (κ2) is 14.1. The smallest absolute Gasteiger partial charge is 0.379 e. The van der Waals surface area contributed by atoms with Crippen molar-refractivity contribution in [2.75, 3.05) is 0 Å². The van der Waals surface area contributed by atoms with Crippen LogP contribution in [0.2, 0.25) is 0 Å². The quantitative estimate of drug-likeness (QED) is 0.215. The molecule has 0 saturated carbocycles. The Morgan fingerprint density at radius 2 is 1.11 bits per heavy atom. The molecular formula is C22H39O5P. The highest BCUT2D eigenvalue weighted by molar-refractivity contribution is 7.70. The summed E-state index contributed by atoms with van der Waals surface area (Å²) in [5, 5.41) is 16.3. The predicted octanol–water partition coefficient (Wildman–Crippen LogP) is 5.49. The van der Waals surface area contributed by atoms with Crippen LogP contribution in [0.1, 0.15) is 116 Å². The van der Waals surface area contributed by atoms with Crippen molar-refractivity contribution in [2.24, 2.45) is 0 Å². The summed E-state index contributed by atoms with van der Waals surface area (Å²) in [4.78, 5) is 34.1. The largest absolute Gasteiger partial charge is 0.629 e. The molecule has 0 amide bonds. The second-order valence-corrected chi connectivity index (χ2v) is 9.97. The van der Waals surface area contributed by atoms with Gasteiger partial charge in [-0.15, -0.1) is 0 Å².